The molecule has 2 aliphatic rings. The molecule has 32 heavy (non-hydrogen) atoms. The first-order valence-electron chi connectivity index (χ1n) is 11.0. The number of hydrogen-bond acceptors (Lipinski definition) is 6. The summed E-state index contributed by atoms with van der Waals surface area (Å²) in [6, 6.07) is 5.39. The lowest BCUT2D eigenvalue weighted by atomic mass is 9.93. The number of methoxy groups -OCH3 is 1. The summed E-state index contributed by atoms with van der Waals surface area (Å²) in [5.41, 5.74) is 1.63. The number of ether oxygens (including phenoxy) is 3. The molecule has 8 nitrogen and oxygen atoms in total. The van der Waals surface area contributed by atoms with Crippen LogP contribution in [-0.4, -0.2) is 48.2 Å². The number of pyridine rings is 1. The first-order valence-corrected chi connectivity index (χ1v) is 11.0. The Labute approximate surface area is 187 Å². The van der Waals surface area contributed by atoms with Crippen molar-refractivity contribution < 1.29 is 24.1 Å². The van der Waals surface area contributed by atoms with Crippen LogP contribution in [0.1, 0.15) is 62.0 Å². The number of benzene rings is 1. The van der Waals surface area contributed by atoms with Crippen LogP contribution in [0.5, 0.6) is 11.5 Å². The van der Waals surface area contributed by atoms with Crippen molar-refractivity contribution in [1.29, 1.82) is 0 Å². The number of nitrogens with zero attached hydrogens (tertiary/aromatic N) is 2. The molecule has 1 atom stereocenters. The van der Waals surface area contributed by atoms with Crippen molar-refractivity contribution in [3.8, 4) is 22.8 Å². The van der Waals surface area contributed by atoms with Gasteiger partial charge in [-0.3, -0.25) is 14.5 Å². The first kappa shape index (κ1) is 22.2. The maximum absolute atomic E-state index is 12.6. The number of carboxylic acid groups (broad SMARTS) is 1. The monoisotopic (exact) mass is 442 g/mol. The lowest BCUT2D eigenvalue weighted by Gasteiger charge is -2.44. The van der Waals surface area contributed by atoms with E-state index < -0.39 is 11.4 Å². The fourth-order valence-corrected chi connectivity index (χ4v) is 4.78. The summed E-state index contributed by atoms with van der Waals surface area (Å²) in [6.45, 7) is 7.77. The molecule has 172 valence electrons. The summed E-state index contributed by atoms with van der Waals surface area (Å²) in [5.74, 6) is 0.0551. The molecule has 2 aliphatic heterocycles. The van der Waals surface area contributed by atoms with E-state index in [0.717, 1.165) is 30.4 Å². The van der Waals surface area contributed by atoms with Crippen molar-refractivity contribution in [2.24, 2.45) is 0 Å². The predicted molar refractivity (Wildman–Crippen MR) is 121 cm³/mol. The molecule has 8 heteroatoms. The van der Waals surface area contributed by atoms with E-state index in [1.807, 2.05) is 23.7 Å². The third-order valence-corrected chi connectivity index (χ3v) is 6.24. The Hall–Kier alpha value is -3.00. The molecule has 0 saturated carbocycles. The van der Waals surface area contributed by atoms with Crippen LogP contribution in [0.2, 0.25) is 0 Å². The first-order chi connectivity index (χ1) is 15.3. The van der Waals surface area contributed by atoms with Crippen LogP contribution < -0.4 is 19.9 Å². The maximum atomic E-state index is 12.6. The number of aromatic nitrogens is 1. The van der Waals surface area contributed by atoms with E-state index >= 15 is 0 Å². The van der Waals surface area contributed by atoms with Gasteiger partial charge in [0.2, 0.25) is 0 Å². The van der Waals surface area contributed by atoms with Crippen molar-refractivity contribution in [1.82, 2.24) is 4.68 Å². The summed E-state index contributed by atoms with van der Waals surface area (Å²) < 4.78 is 18.9. The van der Waals surface area contributed by atoms with Gasteiger partial charge in [0.25, 0.3) is 0 Å². The Morgan fingerprint density at radius 3 is 2.62 bits per heavy atom. The van der Waals surface area contributed by atoms with Crippen molar-refractivity contribution >= 4 is 5.97 Å². The molecule has 0 spiro atoms. The Kier molecular flexibility index (Phi) is 5.90. The smallest absolute Gasteiger partial charge is 0.341 e. The Bertz CT molecular complexity index is 1090. The van der Waals surface area contributed by atoms with Crippen LogP contribution in [0.25, 0.3) is 11.3 Å². The highest BCUT2D eigenvalue weighted by Gasteiger charge is 2.45. The normalized spacial score (nSPS) is 18.0. The van der Waals surface area contributed by atoms with Crippen LogP contribution in [0.4, 0.5) is 0 Å². The van der Waals surface area contributed by atoms with Gasteiger partial charge in [-0.1, -0.05) is 0 Å². The van der Waals surface area contributed by atoms with Gasteiger partial charge in [0.1, 0.15) is 5.56 Å². The van der Waals surface area contributed by atoms with Gasteiger partial charge < -0.3 is 19.3 Å². The minimum atomic E-state index is -1.22. The number of hydrogen-bond donors (Lipinski definition) is 1. The Morgan fingerprint density at radius 1 is 1.19 bits per heavy atom. The standard InChI is InChI=1S/C24H30N2O6/c1-5-31-21-12-16-15(11-22(21)32-10-6-9-30-4)18-7-8-24(2,3)26(18)25-14-17(23(28)29)20(27)13-19(16)25/h11-14,18H,5-10H2,1-4H3,(H,28,29)/t18-/m1/s1. The number of carboxylic acids is 1. The van der Waals surface area contributed by atoms with Crippen molar-refractivity contribution in [2.45, 2.75) is 51.6 Å². The second-order valence-electron chi connectivity index (χ2n) is 8.81. The summed E-state index contributed by atoms with van der Waals surface area (Å²) in [7, 11) is 1.66. The Balaban J connectivity index is 1.89. The lowest BCUT2D eigenvalue weighted by Crippen LogP contribution is -2.50. The largest absolute Gasteiger partial charge is 0.490 e. The van der Waals surface area contributed by atoms with Gasteiger partial charge in [-0.05, 0) is 51.3 Å². The molecule has 0 bridgehead atoms. The number of fused-ring (bicyclic) bond motifs is 6. The van der Waals surface area contributed by atoms with Crippen molar-refractivity contribution in [3.05, 3.63) is 45.7 Å². The topological polar surface area (TPSA) is 90.2 Å². The second-order valence-corrected chi connectivity index (χ2v) is 8.81. The molecule has 4 rings (SSSR count). The van der Waals surface area contributed by atoms with Gasteiger partial charge in [0, 0.05) is 38.0 Å². The van der Waals surface area contributed by atoms with Gasteiger partial charge in [0.15, 0.2) is 16.9 Å². The zero-order chi connectivity index (χ0) is 23.0. The van der Waals surface area contributed by atoms with E-state index in [2.05, 4.69) is 18.9 Å². The lowest BCUT2D eigenvalue weighted by molar-refractivity contribution is 0.0694. The molecule has 3 heterocycles. The van der Waals surface area contributed by atoms with E-state index in [4.69, 9.17) is 14.2 Å². The minimum absolute atomic E-state index is 0.0358. The fourth-order valence-electron chi connectivity index (χ4n) is 4.78. The molecule has 1 aromatic heterocycles. The van der Waals surface area contributed by atoms with E-state index in [1.165, 1.54) is 12.3 Å². The summed E-state index contributed by atoms with van der Waals surface area (Å²) in [4.78, 5) is 24.3. The molecule has 1 N–H and O–H groups in total. The zero-order valence-corrected chi connectivity index (χ0v) is 19.0. The zero-order valence-electron chi connectivity index (χ0n) is 19.0. The van der Waals surface area contributed by atoms with Crippen LogP contribution in [0.3, 0.4) is 0 Å². The van der Waals surface area contributed by atoms with Crippen LogP contribution in [0, 0.1) is 0 Å². The van der Waals surface area contributed by atoms with Gasteiger partial charge in [-0.2, -0.15) is 0 Å². The van der Waals surface area contributed by atoms with Crippen LogP contribution in [0.15, 0.2) is 29.2 Å². The quantitative estimate of drug-likeness (QED) is 0.625. The molecule has 0 unspecified atom stereocenters. The number of rotatable bonds is 8. The van der Waals surface area contributed by atoms with Gasteiger partial charge in [-0.25, -0.2) is 4.79 Å². The highest BCUT2D eigenvalue weighted by molar-refractivity contribution is 5.88. The van der Waals surface area contributed by atoms with Crippen LogP contribution >= 0.6 is 0 Å². The Morgan fingerprint density at radius 2 is 1.94 bits per heavy atom. The molecular weight excluding hydrogens is 412 g/mol. The molecule has 1 fully saturated rings. The average Bonchev–Trinajstić information content (AvgIpc) is 3.07. The third-order valence-electron chi connectivity index (χ3n) is 6.24. The highest BCUT2D eigenvalue weighted by Crippen LogP contribution is 2.50. The minimum Gasteiger partial charge on any atom is -0.490 e. The molecule has 0 aliphatic carbocycles. The van der Waals surface area contributed by atoms with Crippen molar-refractivity contribution in [2.75, 3.05) is 31.9 Å². The maximum Gasteiger partial charge on any atom is 0.341 e. The van der Waals surface area contributed by atoms with Gasteiger partial charge in [0.05, 0.1) is 30.5 Å². The van der Waals surface area contributed by atoms with Crippen LogP contribution in [-0.2, 0) is 4.74 Å². The molecule has 0 amide bonds. The fraction of sp³-hybridized carbons (Fsp3) is 0.500. The van der Waals surface area contributed by atoms with E-state index in [-0.39, 0.29) is 17.1 Å². The number of aromatic carboxylic acids is 1. The van der Waals surface area contributed by atoms with E-state index in [1.54, 1.807) is 7.11 Å². The van der Waals surface area contributed by atoms with Gasteiger partial charge in [-0.15, -0.1) is 0 Å². The molecule has 0 radical (unpaired) electrons. The molecule has 1 aromatic carbocycles. The molecule has 1 saturated heterocycles. The number of carbonyl (C=O) groups is 1. The third kappa shape index (κ3) is 3.72. The highest BCUT2D eigenvalue weighted by atomic mass is 16.5. The summed E-state index contributed by atoms with van der Waals surface area (Å²) in [6.07, 6.45) is 4.06. The van der Waals surface area contributed by atoms with E-state index in [9.17, 15) is 14.7 Å². The summed E-state index contributed by atoms with van der Waals surface area (Å²) in [5, 5.41) is 11.7. The molecular formula is C24H30N2O6. The predicted octanol–water partition coefficient (Wildman–Crippen LogP) is 3.59. The average molecular weight is 443 g/mol. The molecule has 2 aromatic rings. The SMILES string of the molecule is CCOc1cc2c(cc1OCCCOC)[C@H]1CCC(C)(C)N1n1cc(C(=O)O)c(=O)cc1-2. The second kappa shape index (κ2) is 8.50. The van der Waals surface area contributed by atoms with Crippen molar-refractivity contribution in [3.63, 3.8) is 0 Å². The van der Waals surface area contributed by atoms with E-state index in [0.29, 0.717) is 37.0 Å². The summed E-state index contributed by atoms with van der Waals surface area (Å²) >= 11 is 0. The van der Waals surface area contributed by atoms with Gasteiger partial charge >= 0.3 is 5.97 Å².